The second-order valence-corrected chi connectivity index (χ2v) is 10.9. The molecule has 0 unspecified atom stereocenters. The fraction of sp³-hybridized carbons (Fsp3) is 0.409. The molecule has 0 aliphatic rings. The summed E-state index contributed by atoms with van der Waals surface area (Å²) in [6, 6.07) is 11.0. The van der Waals surface area contributed by atoms with Crippen molar-refractivity contribution in [3.8, 4) is 5.75 Å². The molecule has 0 spiro atoms. The van der Waals surface area contributed by atoms with Crippen LogP contribution in [0.3, 0.4) is 0 Å². The summed E-state index contributed by atoms with van der Waals surface area (Å²) in [4.78, 5) is 12.0. The Hall–Kier alpha value is -2.59. The largest absolute Gasteiger partial charge is 0.379 e. The molecular formula is C22H30N2O6S2. The monoisotopic (exact) mass is 482 g/mol. The molecule has 8 nitrogen and oxygen atoms in total. The molecule has 32 heavy (non-hydrogen) atoms. The summed E-state index contributed by atoms with van der Waals surface area (Å²) in [7, 11) is -7.72. The molecule has 0 saturated carbocycles. The minimum atomic E-state index is -3.99. The van der Waals surface area contributed by atoms with Gasteiger partial charge in [0.25, 0.3) is 0 Å². The summed E-state index contributed by atoms with van der Waals surface area (Å²) < 4.78 is 55.9. The number of unbranched alkanes of at least 4 members (excludes halogenated alkanes) is 5. The number of benzene rings is 2. The SMILES string of the molecule is CCCCCCCCS(=O)(=O)NC(=O)Nc1ccc(OS(=O)(=O)c2cccc(C)c2)cc1. The molecule has 0 aliphatic carbocycles. The van der Waals surface area contributed by atoms with Gasteiger partial charge in [-0.15, -0.1) is 0 Å². The number of hydrogen-bond donors (Lipinski definition) is 2. The Balaban J connectivity index is 1.86. The highest BCUT2D eigenvalue weighted by atomic mass is 32.2. The lowest BCUT2D eigenvalue weighted by molar-refractivity contribution is 0.256. The third-order valence-corrected chi connectivity index (χ3v) is 7.18. The number of nitrogens with one attached hydrogen (secondary N) is 2. The Morgan fingerprint density at radius 2 is 1.56 bits per heavy atom. The average Bonchev–Trinajstić information content (AvgIpc) is 2.71. The first kappa shape index (κ1) is 25.7. The van der Waals surface area contributed by atoms with Gasteiger partial charge in [-0.25, -0.2) is 17.9 Å². The number of amides is 2. The summed E-state index contributed by atoms with van der Waals surface area (Å²) >= 11 is 0. The maximum Gasteiger partial charge on any atom is 0.339 e. The van der Waals surface area contributed by atoms with Crippen molar-refractivity contribution in [2.24, 2.45) is 0 Å². The number of urea groups is 1. The summed E-state index contributed by atoms with van der Waals surface area (Å²) in [5.74, 6) is -0.0518. The molecule has 2 aromatic rings. The smallest absolute Gasteiger partial charge is 0.339 e. The predicted octanol–water partition coefficient (Wildman–Crippen LogP) is 4.57. The average molecular weight is 483 g/mol. The van der Waals surface area contributed by atoms with E-state index >= 15 is 0 Å². The van der Waals surface area contributed by atoms with E-state index in [-0.39, 0.29) is 22.1 Å². The van der Waals surface area contributed by atoms with Crippen LogP contribution in [0, 0.1) is 6.92 Å². The van der Waals surface area contributed by atoms with Gasteiger partial charge in [0.1, 0.15) is 10.6 Å². The summed E-state index contributed by atoms with van der Waals surface area (Å²) in [5.41, 5.74) is 1.07. The van der Waals surface area contributed by atoms with Gasteiger partial charge in [-0.2, -0.15) is 8.42 Å². The third-order valence-electron chi connectivity index (χ3n) is 4.61. The van der Waals surface area contributed by atoms with Crippen molar-refractivity contribution in [3.05, 3.63) is 54.1 Å². The molecule has 2 N–H and O–H groups in total. The minimum absolute atomic E-state index is 0.0367. The van der Waals surface area contributed by atoms with Crippen LogP contribution in [0.25, 0.3) is 0 Å². The molecule has 0 bridgehead atoms. The molecule has 10 heteroatoms. The Morgan fingerprint density at radius 1 is 0.906 bits per heavy atom. The zero-order chi connectivity index (χ0) is 23.6. The van der Waals surface area contributed by atoms with E-state index in [9.17, 15) is 21.6 Å². The Kier molecular flexibility index (Phi) is 9.52. The van der Waals surface area contributed by atoms with Gasteiger partial charge in [0.05, 0.1) is 5.75 Å². The molecule has 0 atom stereocenters. The maximum atomic E-state index is 12.4. The molecule has 176 valence electrons. The van der Waals surface area contributed by atoms with E-state index in [4.69, 9.17) is 4.18 Å². The van der Waals surface area contributed by atoms with Crippen LogP contribution < -0.4 is 14.2 Å². The van der Waals surface area contributed by atoms with E-state index in [1.165, 1.54) is 36.4 Å². The molecule has 0 aromatic heterocycles. The highest BCUT2D eigenvalue weighted by Gasteiger charge is 2.17. The second-order valence-electron chi connectivity index (χ2n) is 7.52. The van der Waals surface area contributed by atoms with Crippen LogP contribution in [0.5, 0.6) is 5.75 Å². The lowest BCUT2D eigenvalue weighted by Gasteiger charge is -2.10. The number of sulfonamides is 1. The Morgan fingerprint density at radius 3 is 2.22 bits per heavy atom. The number of carbonyl (C=O) groups excluding carboxylic acids is 1. The standard InChI is InChI=1S/C22H30N2O6S2/c1-3-4-5-6-7-8-16-31(26,27)24-22(25)23-19-12-14-20(15-13-19)30-32(28,29)21-11-9-10-18(2)17-21/h9-15,17H,3-8,16H2,1-2H3,(H2,23,24,25). The first-order valence-electron chi connectivity index (χ1n) is 10.5. The first-order valence-corrected chi connectivity index (χ1v) is 13.6. The fourth-order valence-electron chi connectivity index (χ4n) is 2.96. The van der Waals surface area contributed by atoms with E-state index in [0.29, 0.717) is 6.42 Å². The van der Waals surface area contributed by atoms with Crippen LogP contribution in [0.2, 0.25) is 0 Å². The van der Waals surface area contributed by atoms with Crippen LogP contribution in [0.15, 0.2) is 53.4 Å². The Bertz CT molecular complexity index is 1100. The van der Waals surface area contributed by atoms with Crippen molar-refractivity contribution in [2.75, 3.05) is 11.1 Å². The highest BCUT2D eigenvalue weighted by Crippen LogP contribution is 2.21. The van der Waals surface area contributed by atoms with Crippen molar-refractivity contribution in [1.82, 2.24) is 4.72 Å². The third kappa shape index (κ3) is 8.88. The molecule has 2 amide bonds. The molecular weight excluding hydrogens is 452 g/mol. The quantitative estimate of drug-likeness (QED) is 0.338. The van der Waals surface area contributed by atoms with E-state index in [2.05, 4.69) is 12.2 Å². The van der Waals surface area contributed by atoms with Crippen molar-refractivity contribution < 1.29 is 25.8 Å². The van der Waals surface area contributed by atoms with Gasteiger partial charge in [-0.05, 0) is 55.3 Å². The van der Waals surface area contributed by atoms with Gasteiger partial charge in [-0.1, -0.05) is 51.2 Å². The number of aryl methyl sites for hydroxylation is 1. The molecule has 2 rings (SSSR count). The zero-order valence-corrected chi connectivity index (χ0v) is 20.0. The molecule has 0 radical (unpaired) electrons. The summed E-state index contributed by atoms with van der Waals surface area (Å²) in [6.45, 7) is 3.89. The number of anilines is 1. The Labute approximate surface area is 190 Å². The molecule has 2 aromatic carbocycles. The van der Waals surface area contributed by atoms with Gasteiger partial charge >= 0.3 is 16.1 Å². The highest BCUT2D eigenvalue weighted by molar-refractivity contribution is 7.90. The van der Waals surface area contributed by atoms with E-state index < -0.39 is 26.2 Å². The molecule has 0 fully saturated rings. The van der Waals surface area contributed by atoms with Gasteiger partial charge in [0.2, 0.25) is 10.0 Å². The van der Waals surface area contributed by atoms with Gasteiger partial charge in [0.15, 0.2) is 0 Å². The topological polar surface area (TPSA) is 119 Å². The fourth-order valence-corrected chi connectivity index (χ4v) is 5.02. The van der Waals surface area contributed by atoms with Crippen LogP contribution >= 0.6 is 0 Å². The minimum Gasteiger partial charge on any atom is -0.379 e. The van der Waals surface area contributed by atoms with Crippen molar-refractivity contribution in [3.63, 3.8) is 0 Å². The van der Waals surface area contributed by atoms with Gasteiger partial charge in [0, 0.05) is 5.69 Å². The van der Waals surface area contributed by atoms with E-state index in [1.54, 1.807) is 19.1 Å². The van der Waals surface area contributed by atoms with Crippen LogP contribution in [-0.2, 0) is 20.1 Å². The van der Waals surface area contributed by atoms with Crippen molar-refractivity contribution in [2.45, 2.75) is 57.3 Å². The van der Waals surface area contributed by atoms with E-state index in [1.807, 2.05) is 4.72 Å². The molecule has 0 saturated heterocycles. The van der Waals surface area contributed by atoms with Crippen LogP contribution in [-0.4, -0.2) is 28.6 Å². The first-order chi connectivity index (χ1) is 15.1. The van der Waals surface area contributed by atoms with Crippen LogP contribution in [0.1, 0.15) is 51.0 Å². The summed E-state index contributed by atoms with van der Waals surface area (Å²) in [6.07, 6.45) is 5.61. The lowest BCUT2D eigenvalue weighted by Crippen LogP contribution is -2.35. The second kappa shape index (κ2) is 11.9. The zero-order valence-electron chi connectivity index (χ0n) is 18.3. The van der Waals surface area contributed by atoms with Crippen LogP contribution in [0.4, 0.5) is 10.5 Å². The predicted molar refractivity (Wildman–Crippen MR) is 125 cm³/mol. The van der Waals surface area contributed by atoms with Gasteiger partial charge < -0.3 is 9.50 Å². The number of rotatable bonds is 12. The summed E-state index contributed by atoms with van der Waals surface area (Å²) in [5, 5.41) is 2.41. The molecule has 0 aliphatic heterocycles. The normalized spacial score (nSPS) is 11.7. The van der Waals surface area contributed by atoms with Crippen molar-refractivity contribution in [1.29, 1.82) is 0 Å². The van der Waals surface area contributed by atoms with Gasteiger partial charge in [-0.3, -0.25) is 0 Å². The maximum absolute atomic E-state index is 12.4. The lowest BCUT2D eigenvalue weighted by atomic mass is 10.1. The van der Waals surface area contributed by atoms with Crippen molar-refractivity contribution >= 4 is 31.9 Å². The van der Waals surface area contributed by atoms with E-state index in [0.717, 1.165) is 37.7 Å². The number of carbonyl (C=O) groups is 1. The number of hydrogen-bond acceptors (Lipinski definition) is 6. The molecule has 0 heterocycles.